The van der Waals surface area contributed by atoms with Crippen LogP contribution in [0, 0.1) is 11.8 Å². The van der Waals surface area contributed by atoms with Gasteiger partial charge in [-0.1, -0.05) is 45.6 Å². The summed E-state index contributed by atoms with van der Waals surface area (Å²) in [5.74, 6) is 1.54. The maximum Gasteiger partial charge on any atom is 0.0440 e. The van der Waals surface area contributed by atoms with E-state index in [9.17, 15) is 0 Å². The molecule has 1 aromatic rings. The molecule has 1 fully saturated rings. The highest BCUT2D eigenvalue weighted by Crippen LogP contribution is 2.30. The Morgan fingerprint density at radius 2 is 1.79 bits per heavy atom. The van der Waals surface area contributed by atoms with E-state index in [1.807, 2.05) is 11.3 Å². The van der Waals surface area contributed by atoms with E-state index < -0.39 is 0 Å². The standard InChI is InChI=1S/C17H29NS/c1-13(2)17(16-11-8-12-19-16)18-14(3)15-9-6-4-5-7-10-15/h8,11-15,17-18H,4-7,9-10H2,1-3H3/t14-,17?/m1/s1. The summed E-state index contributed by atoms with van der Waals surface area (Å²) in [6.07, 6.45) is 8.60. The Balaban J connectivity index is 1.96. The van der Waals surface area contributed by atoms with Crippen LogP contribution in [0.5, 0.6) is 0 Å². The highest BCUT2D eigenvalue weighted by Gasteiger charge is 2.24. The summed E-state index contributed by atoms with van der Waals surface area (Å²) < 4.78 is 0. The molecule has 2 rings (SSSR count). The second kappa shape index (κ2) is 7.44. The number of hydrogen-bond acceptors (Lipinski definition) is 2. The summed E-state index contributed by atoms with van der Waals surface area (Å²) in [6, 6.07) is 5.63. The van der Waals surface area contributed by atoms with E-state index in [0.29, 0.717) is 18.0 Å². The minimum atomic E-state index is 0.526. The quantitative estimate of drug-likeness (QED) is 0.712. The zero-order valence-corrected chi connectivity index (χ0v) is 13.5. The SMILES string of the molecule is CC(C)C(N[C@H](C)C1CCCCCC1)c1cccs1. The maximum absolute atomic E-state index is 3.93. The number of nitrogens with one attached hydrogen (secondary N) is 1. The second-order valence-corrected chi connectivity index (χ2v) is 7.42. The zero-order chi connectivity index (χ0) is 13.7. The van der Waals surface area contributed by atoms with E-state index in [1.54, 1.807) is 0 Å². The fourth-order valence-corrected chi connectivity index (χ4v) is 4.26. The van der Waals surface area contributed by atoms with Gasteiger partial charge in [0.05, 0.1) is 0 Å². The lowest BCUT2D eigenvalue weighted by atomic mass is 9.91. The van der Waals surface area contributed by atoms with Crippen LogP contribution in [-0.4, -0.2) is 6.04 Å². The van der Waals surface area contributed by atoms with Gasteiger partial charge in [0.15, 0.2) is 0 Å². The lowest BCUT2D eigenvalue weighted by Crippen LogP contribution is -2.38. The molecule has 2 atom stereocenters. The molecule has 1 aromatic heterocycles. The average molecular weight is 279 g/mol. The maximum atomic E-state index is 3.93. The van der Waals surface area contributed by atoms with Gasteiger partial charge in [0.25, 0.3) is 0 Å². The molecule has 1 aliphatic rings. The van der Waals surface area contributed by atoms with Crippen molar-refractivity contribution in [3.05, 3.63) is 22.4 Å². The highest BCUT2D eigenvalue weighted by molar-refractivity contribution is 7.10. The first-order chi connectivity index (χ1) is 9.18. The molecule has 1 N–H and O–H groups in total. The summed E-state index contributed by atoms with van der Waals surface area (Å²) in [7, 11) is 0. The molecule has 0 aromatic carbocycles. The summed E-state index contributed by atoms with van der Waals surface area (Å²) in [6.45, 7) is 7.06. The molecule has 0 aliphatic heterocycles. The van der Waals surface area contributed by atoms with Gasteiger partial charge >= 0.3 is 0 Å². The smallest absolute Gasteiger partial charge is 0.0440 e. The van der Waals surface area contributed by atoms with E-state index in [2.05, 4.69) is 43.6 Å². The number of hydrogen-bond donors (Lipinski definition) is 1. The van der Waals surface area contributed by atoms with Crippen LogP contribution in [0.1, 0.15) is 70.2 Å². The van der Waals surface area contributed by atoms with Gasteiger partial charge in [-0.3, -0.25) is 0 Å². The third-order valence-corrected chi connectivity index (χ3v) is 5.52. The van der Waals surface area contributed by atoms with Gasteiger partial charge in [0, 0.05) is 17.0 Å². The van der Waals surface area contributed by atoms with E-state index >= 15 is 0 Å². The third-order valence-electron chi connectivity index (χ3n) is 4.57. The molecule has 0 bridgehead atoms. The van der Waals surface area contributed by atoms with Crippen LogP contribution in [0.15, 0.2) is 17.5 Å². The average Bonchev–Trinajstić information content (AvgIpc) is 2.76. The minimum Gasteiger partial charge on any atom is -0.306 e. The van der Waals surface area contributed by atoms with Crippen LogP contribution >= 0.6 is 11.3 Å². The summed E-state index contributed by atoms with van der Waals surface area (Å²) in [4.78, 5) is 1.50. The van der Waals surface area contributed by atoms with Gasteiger partial charge in [0.2, 0.25) is 0 Å². The Morgan fingerprint density at radius 3 is 2.32 bits per heavy atom. The van der Waals surface area contributed by atoms with Crippen LogP contribution in [-0.2, 0) is 0 Å². The third kappa shape index (κ3) is 4.32. The van der Waals surface area contributed by atoms with Crippen molar-refractivity contribution in [3.63, 3.8) is 0 Å². The van der Waals surface area contributed by atoms with Crippen molar-refractivity contribution >= 4 is 11.3 Å². The first-order valence-electron chi connectivity index (χ1n) is 7.98. The Hall–Kier alpha value is -0.340. The van der Waals surface area contributed by atoms with Crippen molar-refractivity contribution in [1.29, 1.82) is 0 Å². The molecule has 1 nitrogen and oxygen atoms in total. The van der Waals surface area contributed by atoms with Gasteiger partial charge in [-0.2, -0.15) is 0 Å². The molecule has 1 heterocycles. The lowest BCUT2D eigenvalue weighted by Gasteiger charge is -2.30. The van der Waals surface area contributed by atoms with Crippen molar-refractivity contribution in [1.82, 2.24) is 5.32 Å². The Bertz CT molecular complexity index is 336. The van der Waals surface area contributed by atoms with E-state index in [-0.39, 0.29) is 0 Å². The summed E-state index contributed by atoms with van der Waals surface area (Å²) >= 11 is 1.89. The van der Waals surface area contributed by atoms with Crippen LogP contribution < -0.4 is 5.32 Å². The van der Waals surface area contributed by atoms with Crippen molar-refractivity contribution in [2.45, 2.75) is 71.4 Å². The van der Waals surface area contributed by atoms with Crippen LogP contribution in [0.2, 0.25) is 0 Å². The fourth-order valence-electron chi connectivity index (χ4n) is 3.30. The van der Waals surface area contributed by atoms with Crippen molar-refractivity contribution < 1.29 is 0 Å². The second-order valence-electron chi connectivity index (χ2n) is 6.44. The molecule has 0 amide bonds. The predicted molar refractivity (Wildman–Crippen MR) is 85.7 cm³/mol. The molecule has 108 valence electrons. The van der Waals surface area contributed by atoms with E-state index in [1.165, 1.54) is 43.4 Å². The highest BCUT2D eigenvalue weighted by atomic mass is 32.1. The Kier molecular flexibility index (Phi) is 5.90. The molecule has 0 saturated heterocycles. The lowest BCUT2D eigenvalue weighted by molar-refractivity contribution is 0.282. The van der Waals surface area contributed by atoms with Gasteiger partial charge in [-0.05, 0) is 43.0 Å². The number of rotatable bonds is 5. The van der Waals surface area contributed by atoms with E-state index in [0.717, 1.165) is 5.92 Å². The molecule has 0 spiro atoms. The molecule has 1 saturated carbocycles. The largest absolute Gasteiger partial charge is 0.306 e. The topological polar surface area (TPSA) is 12.0 Å². The van der Waals surface area contributed by atoms with Crippen LogP contribution in [0.25, 0.3) is 0 Å². The first-order valence-corrected chi connectivity index (χ1v) is 8.86. The summed E-state index contributed by atoms with van der Waals surface area (Å²) in [5, 5.41) is 6.12. The molecule has 0 radical (unpaired) electrons. The normalized spacial score (nSPS) is 21.3. The van der Waals surface area contributed by atoms with Gasteiger partial charge in [0.1, 0.15) is 0 Å². The minimum absolute atomic E-state index is 0.526. The molecule has 2 heteroatoms. The fraction of sp³-hybridized carbons (Fsp3) is 0.765. The molecular weight excluding hydrogens is 250 g/mol. The Labute approximate surface area is 122 Å². The molecule has 1 aliphatic carbocycles. The zero-order valence-electron chi connectivity index (χ0n) is 12.7. The number of thiophene rings is 1. The first kappa shape index (κ1) is 15.1. The Morgan fingerprint density at radius 1 is 1.11 bits per heavy atom. The molecule has 19 heavy (non-hydrogen) atoms. The predicted octanol–water partition coefficient (Wildman–Crippen LogP) is 5.39. The van der Waals surface area contributed by atoms with Crippen LogP contribution in [0.3, 0.4) is 0 Å². The molecule has 1 unspecified atom stereocenters. The van der Waals surface area contributed by atoms with Gasteiger partial charge in [-0.25, -0.2) is 0 Å². The molecular formula is C17H29NS. The van der Waals surface area contributed by atoms with Crippen LogP contribution in [0.4, 0.5) is 0 Å². The summed E-state index contributed by atoms with van der Waals surface area (Å²) in [5.41, 5.74) is 0. The van der Waals surface area contributed by atoms with Crippen molar-refractivity contribution in [3.8, 4) is 0 Å². The van der Waals surface area contributed by atoms with Gasteiger partial charge in [-0.15, -0.1) is 11.3 Å². The van der Waals surface area contributed by atoms with Gasteiger partial charge < -0.3 is 5.32 Å². The monoisotopic (exact) mass is 279 g/mol. The van der Waals surface area contributed by atoms with Crippen molar-refractivity contribution in [2.24, 2.45) is 11.8 Å². The van der Waals surface area contributed by atoms with E-state index in [4.69, 9.17) is 0 Å². The van der Waals surface area contributed by atoms with Crippen molar-refractivity contribution in [2.75, 3.05) is 0 Å².